The maximum atomic E-state index is 12.2. The second-order valence-electron chi connectivity index (χ2n) is 6.31. The SMILES string of the molecule is C[C@H](OC[C@@H]1CCCCO1)C(=O)N[C@@H](C)c1ccc(OC(F)(F)F)cc1. The molecule has 0 spiro atoms. The molecule has 1 N–H and O–H groups in total. The number of ether oxygens (including phenoxy) is 3. The van der Waals surface area contributed by atoms with Gasteiger partial charge in [-0.25, -0.2) is 0 Å². The number of nitrogens with one attached hydrogen (secondary N) is 1. The molecule has 1 aromatic rings. The van der Waals surface area contributed by atoms with Crippen molar-refractivity contribution in [2.75, 3.05) is 13.2 Å². The van der Waals surface area contributed by atoms with Crippen LogP contribution in [0.25, 0.3) is 0 Å². The van der Waals surface area contributed by atoms with Gasteiger partial charge in [0.25, 0.3) is 0 Å². The Kier molecular flexibility index (Phi) is 7.28. The van der Waals surface area contributed by atoms with Crippen molar-refractivity contribution in [3.05, 3.63) is 29.8 Å². The van der Waals surface area contributed by atoms with Gasteiger partial charge in [0, 0.05) is 6.61 Å². The molecule has 1 amide bonds. The third kappa shape index (κ3) is 6.84. The fraction of sp³-hybridized carbons (Fsp3) is 0.611. The Morgan fingerprint density at radius 2 is 1.96 bits per heavy atom. The van der Waals surface area contributed by atoms with Gasteiger partial charge in [0.2, 0.25) is 5.91 Å². The highest BCUT2D eigenvalue weighted by Gasteiger charge is 2.31. The molecule has 0 unspecified atom stereocenters. The van der Waals surface area contributed by atoms with Gasteiger partial charge in [-0.15, -0.1) is 13.2 Å². The summed E-state index contributed by atoms with van der Waals surface area (Å²) in [7, 11) is 0. The molecule has 0 aromatic heterocycles. The van der Waals surface area contributed by atoms with Gasteiger partial charge in [-0.2, -0.15) is 0 Å². The van der Waals surface area contributed by atoms with Gasteiger partial charge < -0.3 is 19.5 Å². The molecule has 5 nitrogen and oxygen atoms in total. The molecule has 1 aliphatic rings. The maximum Gasteiger partial charge on any atom is 0.573 e. The molecule has 2 rings (SSSR count). The normalized spacial score (nSPS) is 20.3. The monoisotopic (exact) mass is 375 g/mol. The molecular formula is C18H24F3NO4. The van der Waals surface area contributed by atoms with Crippen molar-refractivity contribution in [1.82, 2.24) is 5.32 Å². The number of carbonyl (C=O) groups excluding carboxylic acids is 1. The van der Waals surface area contributed by atoms with E-state index in [4.69, 9.17) is 9.47 Å². The zero-order valence-corrected chi connectivity index (χ0v) is 14.8. The molecule has 8 heteroatoms. The number of carbonyl (C=O) groups is 1. The van der Waals surface area contributed by atoms with Gasteiger partial charge in [-0.3, -0.25) is 4.79 Å². The maximum absolute atomic E-state index is 12.2. The topological polar surface area (TPSA) is 56.8 Å². The van der Waals surface area contributed by atoms with Gasteiger partial charge in [-0.1, -0.05) is 12.1 Å². The van der Waals surface area contributed by atoms with Crippen molar-refractivity contribution < 1.29 is 32.2 Å². The fourth-order valence-electron chi connectivity index (χ4n) is 2.64. The van der Waals surface area contributed by atoms with Gasteiger partial charge in [0.15, 0.2) is 0 Å². The molecule has 1 saturated heterocycles. The van der Waals surface area contributed by atoms with E-state index in [9.17, 15) is 18.0 Å². The minimum Gasteiger partial charge on any atom is -0.406 e. The van der Waals surface area contributed by atoms with Crippen LogP contribution < -0.4 is 10.1 Å². The van der Waals surface area contributed by atoms with Crippen LogP contribution in [0.5, 0.6) is 5.75 Å². The lowest BCUT2D eigenvalue weighted by atomic mass is 10.1. The molecule has 0 aliphatic carbocycles. The lowest BCUT2D eigenvalue weighted by Crippen LogP contribution is -2.38. The first-order chi connectivity index (χ1) is 12.2. The molecule has 0 radical (unpaired) electrons. The lowest BCUT2D eigenvalue weighted by Gasteiger charge is -2.24. The summed E-state index contributed by atoms with van der Waals surface area (Å²) in [5.74, 6) is -0.590. The smallest absolute Gasteiger partial charge is 0.406 e. The highest BCUT2D eigenvalue weighted by Crippen LogP contribution is 2.24. The summed E-state index contributed by atoms with van der Waals surface area (Å²) < 4.78 is 51.5. The van der Waals surface area contributed by atoms with Crippen molar-refractivity contribution in [2.24, 2.45) is 0 Å². The zero-order valence-electron chi connectivity index (χ0n) is 14.8. The Balaban J connectivity index is 1.79. The number of alkyl halides is 3. The van der Waals surface area contributed by atoms with Crippen molar-refractivity contribution >= 4 is 5.91 Å². The van der Waals surface area contributed by atoms with Crippen molar-refractivity contribution in [2.45, 2.75) is 57.7 Å². The van der Waals surface area contributed by atoms with E-state index in [1.165, 1.54) is 24.3 Å². The largest absolute Gasteiger partial charge is 0.573 e. The van der Waals surface area contributed by atoms with Gasteiger partial charge in [-0.05, 0) is 50.8 Å². The van der Waals surface area contributed by atoms with Crippen LogP contribution in [0.3, 0.4) is 0 Å². The van der Waals surface area contributed by atoms with E-state index in [0.29, 0.717) is 12.2 Å². The van der Waals surface area contributed by atoms with Gasteiger partial charge in [0.1, 0.15) is 11.9 Å². The first-order valence-corrected chi connectivity index (χ1v) is 8.64. The number of halogens is 3. The van der Waals surface area contributed by atoms with Crippen LogP contribution in [-0.4, -0.2) is 37.7 Å². The van der Waals surface area contributed by atoms with E-state index in [1.807, 2.05) is 0 Å². The van der Waals surface area contributed by atoms with Gasteiger partial charge in [0.05, 0.1) is 18.8 Å². The van der Waals surface area contributed by atoms with E-state index < -0.39 is 12.5 Å². The summed E-state index contributed by atoms with van der Waals surface area (Å²) in [6.45, 7) is 4.49. The summed E-state index contributed by atoms with van der Waals surface area (Å²) in [5, 5.41) is 2.78. The van der Waals surface area contributed by atoms with E-state index in [0.717, 1.165) is 25.9 Å². The fourth-order valence-corrected chi connectivity index (χ4v) is 2.64. The van der Waals surface area contributed by atoms with Crippen molar-refractivity contribution in [3.63, 3.8) is 0 Å². The predicted molar refractivity (Wildman–Crippen MR) is 88.7 cm³/mol. The number of hydrogen-bond donors (Lipinski definition) is 1. The minimum absolute atomic E-state index is 0.0256. The first kappa shape index (κ1) is 20.5. The quantitative estimate of drug-likeness (QED) is 0.789. The standard InChI is InChI=1S/C18H24F3NO4/c1-12(14-6-8-15(9-7-14)26-18(19,20)21)22-17(23)13(2)25-11-16-5-3-4-10-24-16/h6-9,12-13,16H,3-5,10-11H2,1-2H3,(H,22,23)/t12-,13-,16-/m0/s1. The minimum atomic E-state index is -4.73. The summed E-state index contributed by atoms with van der Waals surface area (Å²) >= 11 is 0. The zero-order chi connectivity index (χ0) is 19.2. The van der Waals surface area contributed by atoms with Crippen LogP contribution >= 0.6 is 0 Å². The van der Waals surface area contributed by atoms with Gasteiger partial charge >= 0.3 is 6.36 Å². The Labute approximate surface area is 150 Å². The van der Waals surface area contributed by atoms with Crippen molar-refractivity contribution in [1.29, 1.82) is 0 Å². The second kappa shape index (κ2) is 9.23. The predicted octanol–water partition coefficient (Wildman–Crippen LogP) is 3.74. The second-order valence-corrected chi connectivity index (χ2v) is 6.31. The van der Waals surface area contributed by atoms with Crippen LogP contribution in [0.1, 0.15) is 44.7 Å². The van der Waals surface area contributed by atoms with E-state index in [2.05, 4.69) is 10.1 Å². The average molecular weight is 375 g/mol. The molecule has 146 valence electrons. The number of amides is 1. The lowest BCUT2D eigenvalue weighted by molar-refractivity contribution is -0.274. The summed E-state index contributed by atoms with van der Waals surface area (Å²) in [6.07, 6.45) is -2.27. The van der Waals surface area contributed by atoms with Crippen LogP contribution in [-0.2, 0) is 14.3 Å². The van der Waals surface area contributed by atoms with E-state index in [1.54, 1.807) is 13.8 Å². The first-order valence-electron chi connectivity index (χ1n) is 8.64. The number of rotatable bonds is 7. The number of benzene rings is 1. The molecule has 1 aromatic carbocycles. The third-order valence-corrected chi connectivity index (χ3v) is 4.15. The molecule has 1 aliphatic heterocycles. The summed E-state index contributed by atoms with van der Waals surface area (Å²) in [4.78, 5) is 12.2. The Bertz CT molecular complexity index is 571. The summed E-state index contributed by atoms with van der Waals surface area (Å²) in [6, 6.07) is 5.01. The Morgan fingerprint density at radius 1 is 1.27 bits per heavy atom. The van der Waals surface area contributed by atoms with E-state index in [-0.39, 0.29) is 23.8 Å². The Morgan fingerprint density at radius 3 is 2.54 bits per heavy atom. The molecule has 3 atom stereocenters. The number of hydrogen-bond acceptors (Lipinski definition) is 4. The molecule has 1 heterocycles. The molecule has 1 fully saturated rings. The van der Waals surface area contributed by atoms with Crippen LogP contribution in [0.2, 0.25) is 0 Å². The van der Waals surface area contributed by atoms with Crippen LogP contribution in [0.15, 0.2) is 24.3 Å². The molecule has 0 saturated carbocycles. The van der Waals surface area contributed by atoms with Crippen LogP contribution in [0, 0.1) is 0 Å². The molecular weight excluding hydrogens is 351 g/mol. The highest BCUT2D eigenvalue weighted by atomic mass is 19.4. The Hall–Kier alpha value is -1.80. The molecule has 26 heavy (non-hydrogen) atoms. The van der Waals surface area contributed by atoms with E-state index >= 15 is 0 Å². The van der Waals surface area contributed by atoms with Crippen LogP contribution in [0.4, 0.5) is 13.2 Å². The average Bonchev–Trinajstić information content (AvgIpc) is 2.59. The highest BCUT2D eigenvalue weighted by molar-refractivity contribution is 5.80. The molecule has 0 bridgehead atoms. The third-order valence-electron chi connectivity index (χ3n) is 4.15. The van der Waals surface area contributed by atoms with Crippen molar-refractivity contribution in [3.8, 4) is 5.75 Å². The summed E-state index contributed by atoms with van der Waals surface area (Å²) in [5.41, 5.74) is 0.663.